The zero-order valence-electron chi connectivity index (χ0n) is 27.0. The Morgan fingerprint density at radius 3 is 1.64 bits per heavy atom. The molecule has 7 aromatic carbocycles. The van der Waals surface area contributed by atoms with Gasteiger partial charge in [-0.05, 0) is 51.1 Å². The molecule has 11 rings (SSSR count). The molecule has 50 heavy (non-hydrogen) atoms. The van der Waals surface area contributed by atoms with Gasteiger partial charge in [0.25, 0.3) is 0 Å². The second-order valence-electron chi connectivity index (χ2n) is 13.2. The van der Waals surface area contributed by atoms with E-state index in [-0.39, 0.29) is 0 Å². The standard InChI is InChI=1S/C47H28N2O/c1-3-14-29(15-4-1)40-28-41(30-16-5-2-6-17-30)49-46(48-40)35-21-13-24-38-43(35)33-19-7-10-22-36(33)47(38)37-23-11-8-20-34(37)44-39(47)27-26-32-31-18-9-12-25-42(31)50-45(32)44/h1-28H. The maximum absolute atomic E-state index is 6.71. The number of fused-ring (bicyclic) bond motifs is 14. The van der Waals surface area contributed by atoms with E-state index in [1.54, 1.807) is 0 Å². The van der Waals surface area contributed by atoms with E-state index < -0.39 is 5.41 Å². The van der Waals surface area contributed by atoms with Gasteiger partial charge < -0.3 is 4.42 Å². The molecule has 0 N–H and O–H groups in total. The molecular weight excluding hydrogens is 609 g/mol. The van der Waals surface area contributed by atoms with E-state index in [1.165, 1.54) is 44.5 Å². The van der Waals surface area contributed by atoms with Crippen LogP contribution in [0.5, 0.6) is 0 Å². The monoisotopic (exact) mass is 636 g/mol. The van der Waals surface area contributed by atoms with Crippen LogP contribution in [0, 0.1) is 0 Å². The minimum Gasteiger partial charge on any atom is -0.455 e. The van der Waals surface area contributed by atoms with E-state index in [0.717, 1.165) is 50.0 Å². The largest absolute Gasteiger partial charge is 0.455 e. The van der Waals surface area contributed by atoms with Crippen LogP contribution >= 0.6 is 0 Å². The summed E-state index contributed by atoms with van der Waals surface area (Å²) in [6.07, 6.45) is 0. The quantitative estimate of drug-likeness (QED) is 0.194. The van der Waals surface area contributed by atoms with E-state index in [9.17, 15) is 0 Å². The third kappa shape index (κ3) is 3.58. The molecular formula is C47H28N2O. The van der Waals surface area contributed by atoms with Gasteiger partial charge in [0, 0.05) is 33.0 Å². The van der Waals surface area contributed by atoms with Crippen molar-refractivity contribution in [3.8, 4) is 56.2 Å². The topological polar surface area (TPSA) is 38.9 Å². The van der Waals surface area contributed by atoms with Crippen molar-refractivity contribution >= 4 is 21.9 Å². The lowest BCUT2D eigenvalue weighted by atomic mass is 9.70. The number of aromatic nitrogens is 2. The summed E-state index contributed by atoms with van der Waals surface area (Å²) in [6, 6.07) is 60.4. The van der Waals surface area contributed by atoms with Crippen molar-refractivity contribution in [2.24, 2.45) is 0 Å². The SMILES string of the molecule is c1ccc(-c2cc(-c3ccccc3)nc(-c3cccc4c3-c3ccccc3C43c4ccccc4-c4c3ccc3c4oc4ccccc43)n2)cc1. The highest BCUT2D eigenvalue weighted by atomic mass is 16.3. The Morgan fingerprint density at radius 1 is 0.400 bits per heavy atom. The van der Waals surface area contributed by atoms with E-state index >= 15 is 0 Å². The second kappa shape index (κ2) is 10.2. The van der Waals surface area contributed by atoms with E-state index in [4.69, 9.17) is 14.4 Å². The molecule has 0 bridgehead atoms. The molecule has 1 unspecified atom stereocenters. The highest BCUT2D eigenvalue weighted by Crippen LogP contribution is 2.65. The summed E-state index contributed by atoms with van der Waals surface area (Å²) in [4.78, 5) is 10.6. The molecule has 0 saturated carbocycles. The van der Waals surface area contributed by atoms with E-state index in [1.807, 2.05) is 18.2 Å². The van der Waals surface area contributed by atoms with Gasteiger partial charge >= 0.3 is 0 Å². The van der Waals surface area contributed by atoms with Crippen molar-refractivity contribution in [1.29, 1.82) is 0 Å². The molecule has 2 aliphatic rings. The molecule has 0 aliphatic heterocycles. The molecule has 1 atom stereocenters. The zero-order chi connectivity index (χ0) is 32.8. The Balaban J connectivity index is 1.23. The molecule has 0 saturated heterocycles. The Kier molecular flexibility index (Phi) is 5.59. The number of furan rings is 1. The minimum absolute atomic E-state index is 0.527. The number of rotatable bonds is 3. The Labute approximate surface area is 289 Å². The molecule has 2 aliphatic carbocycles. The van der Waals surface area contributed by atoms with Crippen LogP contribution in [-0.2, 0) is 5.41 Å². The van der Waals surface area contributed by atoms with Crippen LogP contribution in [0.4, 0.5) is 0 Å². The maximum Gasteiger partial charge on any atom is 0.161 e. The van der Waals surface area contributed by atoms with Crippen LogP contribution in [0.15, 0.2) is 174 Å². The summed E-state index contributed by atoms with van der Waals surface area (Å²) in [6.45, 7) is 0. The summed E-state index contributed by atoms with van der Waals surface area (Å²) in [7, 11) is 0. The van der Waals surface area contributed by atoms with Gasteiger partial charge in [-0.3, -0.25) is 0 Å². The first kappa shape index (κ1) is 27.4. The molecule has 2 aromatic heterocycles. The second-order valence-corrected chi connectivity index (χ2v) is 13.2. The molecule has 0 radical (unpaired) electrons. The van der Waals surface area contributed by atoms with Crippen LogP contribution in [0.25, 0.3) is 78.1 Å². The molecule has 0 fully saturated rings. The summed E-state index contributed by atoms with van der Waals surface area (Å²) in [5.41, 5.74) is 16.1. The van der Waals surface area contributed by atoms with Gasteiger partial charge in [0.2, 0.25) is 0 Å². The fraction of sp³-hybridized carbons (Fsp3) is 0.0213. The molecule has 2 heterocycles. The van der Waals surface area contributed by atoms with Crippen molar-refractivity contribution in [2.75, 3.05) is 0 Å². The van der Waals surface area contributed by atoms with Gasteiger partial charge in [-0.15, -0.1) is 0 Å². The van der Waals surface area contributed by atoms with E-state index in [0.29, 0.717) is 5.82 Å². The van der Waals surface area contributed by atoms with Crippen LogP contribution in [0.2, 0.25) is 0 Å². The number of para-hydroxylation sites is 1. The Hall–Kier alpha value is -6.58. The minimum atomic E-state index is -0.527. The number of hydrogen-bond acceptors (Lipinski definition) is 3. The lowest BCUT2D eigenvalue weighted by Crippen LogP contribution is -2.25. The third-order valence-electron chi connectivity index (χ3n) is 10.7. The third-order valence-corrected chi connectivity index (χ3v) is 10.7. The van der Waals surface area contributed by atoms with Gasteiger partial charge in [0.15, 0.2) is 5.82 Å². The van der Waals surface area contributed by atoms with Gasteiger partial charge in [-0.25, -0.2) is 9.97 Å². The van der Waals surface area contributed by atoms with Crippen molar-refractivity contribution in [3.05, 3.63) is 192 Å². The fourth-order valence-corrected chi connectivity index (χ4v) is 8.72. The van der Waals surface area contributed by atoms with Crippen molar-refractivity contribution in [1.82, 2.24) is 9.97 Å². The number of nitrogens with zero attached hydrogens (tertiary/aromatic N) is 2. The number of hydrogen-bond donors (Lipinski definition) is 0. The van der Waals surface area contributed by atoms with E-state index in [2.05, 4.69) is 152 Å². The highest BCUT2D eigenvalue weighted by molar-refractivity contribution is 6.13. The van der Waals surface area contributed by atoms with Crippen LogP contribution < -0.4 is 0 Å². The van der Waals surface area contributed by atoms with Crippen molar-refractivity contribution in [2.45, 2.75) is 5.41 Å². The predicted octanol–water partition coefficient (Wildman–Crippen LogP) is 11.7. The summed E-state index contributed by atoms with van der Waals surface area (Å²) in [5, 5.41) is 2.29. The molecule has 9 aromatic rings. The normalized spacial score (nSPS) is 15.3. The van der Waals surface area contributed by atoms with Crippen molar-refractivity contribution < 1.29 is 4.42 Å². The summed E-state index contributed by atoms with van der Waals surface area (Å²) < 4.78 is 6.71. The molecule has 3 heteroatoms. The molecule has 0 amide bonds. The van der Waals surface area contributed by atoms with Crippen LogP contribution in [0.1, 0.15) is 22.3 Å². The van der Waals surface area contributed by atoms with Crippen LogP contribution in [0.3, 0.4) is 0 Å². The maximum atomic E-state index is 6.71. The van der Waals surface area contributed by atoms with Crippen molar-refractivity contribution in [3.63, 3.8) is 0 Å². The zero-order valence-corrected chi connectivity index (χ0v) is 27.0. The summed E-state index contributed by atoms with van der Waals surface area (Å²) in [5.74, 6) is 0.716. The lowest BCUT2D eigenvalue weighted by Gasteiger charge is -2.30. The van der Waals surface area contributed by atoms with Gasteiger partial charge in [-0.2, -0.15) is 0 Å². The first-order valence-corrected chi connectivity index (χ1v) is 17.1. The Bertz CT molecular complexity index is 2760. The molecule has 3 nitrogen and oxygen atoms in total. The van der Waals surface area contributed by atoms with Gasteiger partial charge in [0.1, 0.15) is 11.2 Å². The Morgan fingerprint density at radius 2 is 0.940 bits per heavy atom. The van der Waals surface area contributed by atoms with Crippen LogP contribution in [-0.4, -0.2) is 9.97 Å². The van der Waals surface area contributed by atoms with Gasteiger partial charge in [0.05, 0.1) is 16.8 Å². The smallest absolute Gasteiger partial charge is 0.161 e. The first-order valence-electron chi connectivity index (χ1n) is 17.1. The lowest BCUT2D eigenvalue weighted by molar-refractivity contribution is 0.669. The number of benzene rings is 7. The first-order chi connectivity index (χ1) is 24.8. The average Bonchev–Trinajstić information content (AvgIpc) is 3.82. The molecule has 1 spiro atoms. The highest BCUT2D eigenvalue weighted by Gasteiger charge is 2.53. The van der Waals surface area contributed by atoms with Gasteiger partial charge in [-0.1, -0.05) is 158 Å². The molecule has 232 valence electrons. The summed E-state index contributed by atoms with van der Waals surface area (Å²) >= 11 is 0. The average molecular weight is 637 g/mol. The predicted molar refractivity (Wildman–Crippen MR) is 202 cm³/mol. The fourth-order valence-electron chi connectivity index (χ4n) is 8.72.